The summed E-state index contributed by atoms with van der Waals surface area (Å²) in [5.74, 6) is 0.256. The Kier molecular flexibility index (Phi) is 4.77. The molecule has 2 heteroatoms. The summed E-state index contributed by atoms with van der Waals surface area (Å²) in [4.78, 5) is 12.8. The van der Waals surface area contributed by atoms with Gasteiger partial charge in [0, 0.05) is 34.5 Å². The number of ketones is 1. The lowest BCUT2D eigenvalue weighted by atomic mass is 9.78. The third-order valence-corrected chi connectivity index (χ3v) is 7.38. The molecule has 166 valence electrons. The van der Waals surface area contributed by atoms with Crippen LogP contribution in [0, 0.1) is 6.92 Å². The molecule has 0 fully saturated rings. The lowest BCUT2D eigenvalue weighted by molar-refractivity contribution is 0.0976. The van der Waals surface area contributed by atoms with Crippen LogP contribution in [-0.4, -0.2) is 10.4 Å². The van der Waals surface area contributed by atoms with Crippen LogP contribution in [0.15, 0.2) is 103 Å². The summed E-state index contributed by atoms with van der Waals surface area (Å²) in [6, 6.07) is 33.9. The molecule has 6 rings (SSSR count). The lowest BCUT2D eigenvalue weighted by Crippen LogP contribution is -2.22. The first kappa shape index (κ1) is 20.7. The zero-order valence-electron chi connectivity index (χ0n) is 19.6. The van der Waals surface area contributed by atoms with Gasteiger partial charge in [0.25, 0.3) is 0 Å². The number of aromatic nitrogens is 1. The van der Waals surface area contributed by atoms with Crippen LogP contribution in [0.3, 0.4) is 0 Å². The van der Waals surface area contributed by atoms with Crippen LogP contribution >= 0.6 is 0 Å². The molecule has 1 atom stereocenters. The Hall–Kier alpha value is -3.91. The number of nitrogens with zero attached hydrogens (tertiary/aromatic N) is 1. The van der Waals surface area contributed by atoms with Crippen molar-refractivity contribution in [1.82, 2.24) is 4.57 Å². The van der Waals surface area contributed by atoms with Crippen molar-refractivity contribution in [1.29, 1.82) is 0 Å². The quantitative estimate of drug-likeness (QED) is 0.280. The number of fused-ring (bicyclic) bond motifs is 2. The van der Waals surface area contributed by atoms with Gasteiger partial charge in [-0.15, -0.1) is 0 Å². The monoisotopic (exact) mass is 441 g/mol. The van der Waals surface area contributed by atoms with Crippen LogP contribution in [0.1, 0.15) is 40.4 Å². The SMILES string of the molecule is Cc1cccc(-n2cc(C[C@@]3(C)CC(=O)c4ccccc43)c3ccccc32)c1-c1ccccc1. The maximum atomic E-state index is 12.8. The van der Waals surface area contributed by atoms with Gasteiger partial charge < -0.3 is 4.57 Å². The molecule has 0 saturated carbocycles. The van der Waals surface area contributed by atoms with Gasteiger partial charge in [-0.1, -0.05) is 91.9 Å². The van der Waals surface area contributed by atoms with E-state index in [-0.39, 0.29) is 11.2 Å². The molecule has 0 radical (unpaired) electrons. The van der Waals surface area contributed by atoms with E-state index in [0.29, 0.717) is 6.42 Å². The number of aryl methyl sites for hydroxylation is 1. The number of hydrogen-bond donors (Lipinski definition) is 0. The highest BCUT2D eigenvalue weighted by Gasteiger charge is 2.39. The largest absolute Gasteiger partial charge is 0.316 e. The molecule has 1 aliphatic rings. The van der Waals surface area contributed by atoms with Gasteiger partial charge in [-0.05, 0) is 47.7 Å². The zero-order chi connectivity index (χ0) is 23.3. The second-order valence-corrected chi connectivity index (χ2v) is 9.76. The molecule has 1 aliphatic carbocycles. The highest BCUT2D eigenvalue weighted by atomic mass is 16.1. The van der Waals surface area contributed by atoms with Crippen LogP contribution < -0.4 is 0 Å². The first-order valence-corrected chi connectivity index (χ1v) is 11.9. The number of Topliss-reactive ketones (excluding diaryl/α,β-unsaturated/α-hetero) is 1. The summed E-state index contributed by atoms with van der Waals surface area (Å²) in [7, 11) is 0. The highest BCUT2D eigenvalue weighted by molar-refractivity contribution is 6.02. The number of carbonyl (C=O) groups excluding carboxylic acids is 1. The molecule has 1 aromatic heterocycles. The molecule has 1 heterocycles. The first-order chi connectivity index (χ1) is 16.5. The van der Waals surface area contributed by atoms with Crippen LogP contribution in [-0.2, 0) is 11.8 Å². The van der Waals surface area contributed by atoms with Gasteiger partial charge in [-0.2, -0.15) is 0 Å². The molecule has 0 bridgehead atoms. The molecule has 2 nitrogen and oxygen atoms in total. The molecule has 0 amide bonds. The van der Waals surface area contributed by atoms with Gasteiger partial charge in [0.1, 0.15) is 0 Å². The van der Waals surface area contributed by atoms with Crippen molar-refractivity contribution in [2.45, 2.75) is 32.1 Å². The maximum Gasteiger partial charge on any atom is 0.164 e. The van der Waals surface area contributed by atoms with Crippen molar-refractivity contribution in [2.75, 3.05) is 0 Å². The number of para-hydroxylation sites is 1. The smallest absolute Gasteiger partial charge is 0.164 e. The average Bonchev–Trinajstić information content (AvgIpc) is 3.34. The van der Waals surface area contributed by atoms with E-state index < -0.39 is 0 Å². The predicted octanol–water partition coefficient (Wildman–Crippen LogP) is 7.69. The lowest BCUT2D eigenvalue weighted by Gasteiger charge is -2.24. The van der Waals surface area contributed by atoms with E-state index in [1.165, 1.54) is 44.4 Å². The number of carbonyl (C=O) groups is 1. The summed E-state index contributed by atoms with van der Waals surface area (Å²) in [5, 5.41) is 1.25. The number of benzene rings is 4. The molecular weight excluding hydrogens is 414 g/mol. The number of rotatable bonds is 4. The van der Waals surface area contributed by atoms with Gasteiger partial charge in [-0.3, -0.25) is 4.79 Å². The zero-order valence-corrected chi connectivity index (χ0v) is 19.6. The standard InChI is InChI=1S/C32H27NO/c1-22-11-10-18-29(31(22)23-12-4-3-5-13-23)33-21-24(25-14-7-9-17-28(25)33)19-32(2)20-30(34)26-15-6-8-16-27(26)32/h3-18,21H,19-20H2,1-2H3/t32-/m0/s1. The Bertz CT molecular complexity index is 1540. The molecular formula is C32H27NO. The molecule has 0 saturated heterocycles. The third kappa shape index (κ3) is 3.21. The second kappa shape index (κ2) is 7.85. The van der Waals surface area contributed by atoms with Crippen molar-refractivity contribution < 1.29 is 4.79 Å². The van der Waals surface area contributed by atoms with Crippen molar-refractivity contribution >= 4 is 16.7 Å². The van der Waals surface area contributed by atoms with Crippen molar-refractivity contribution in [3.05, 3.63) is 126 Å². The Labute approximate surface area is 200 Å². The molecule has 5 aromatic rings. The molecule has 0 aliphatic heterocycles. The van der Waals surface area contributed by atoms with Crippen LogP contribution in [0.4, 0.5) is 0 Å². The van der Waals surface area contributed by atoms with E-state index in [4.69, 9.17) is 0 Å². The Morgan fingerprint density at radius 3 is 2.41 bits per heavy atom. The Morgan fingerprint density at radius 1 is 0.824 bits per heavy atom. The first-order valence-electron chi connectivity index (χ1n) is 11.9. The van der Waals surface area contributed by atoms with Crippen molar-refractivity contribution in [3.8, 4) is 16.8 Å². The Balaban J connectivity index is 1.53. The van der Waals surface area contributed by atoms with Crippen molar-refractivity contribution in [3.63, 3.8) is 0 Å². The molecule has 34 heavy (non-hydrogen) atoms. The average molecular weight is 442 g/mol. The topological polar surface area (TPSA) is 22.0 Å². The molecule has 0 spiro atoms. The fourth-order valence-electron chi connectivity index (χ4n) is 5.80. The van der Waals surface area contributed by atoms with Gasteiger partial charge in [0.2, 0.25) is 0 Å². The van der Waals surface area contributed by atoms with E-state index in [2.05, 4.69) is 110 Å². The number of hydrogen-bond acceptors (Lipinski definition) is 1. The molecule has 4 aromatic carbocycles. The van der Waals surface area contributed by atoms with Crippen LogP contribution in [0.5, 0.6) is 0 Å². The minimum atomic E-state index is -0.197. The van der Waals surface area contributed by atoms with Crippen LogP contribution in [0.25, 0.3) is 27.7 Å². The fraction of sp³-hybridized carbons (Fsp3) is 0.156. The van der Waals surface area contributed by atoms with E-state index in [1.54, 1.807) is 0 Å². The second-order valence-electron chi connectivity index (χ2n) is 9.76. The summed E-state index contributed by atoms with van der Waals surface area (Å²) < 4.78 is 2.34. The third-order valence-electron chi connectivity index (χ3n) is 7.38. The normalized spacial score (nSPS) is 17.3. The highest BCUT2D eigenvalue weighted by Crippen LogP contribution is 2.43. The van der Waals surface area contributed by atoms with Crippen LogP contribution in [0.2, 0.25) is 0 Å². The molecule has 0 N–H and O–H groups in total. The van der Waals surface area contributed by atoms with Crippen molar-refractivity contribution in [2.24, 2.45) is 0 Å². The summed E-state index contributed by atoms with van der Waals surface area (Å²) >= 11 is 0. The minimum absolute atomic E-state index is 0.197. The summed E-state index contributed by atoms with van der Waals surface area (Å²) in [6.07, 6.45) is 3.68. The van der Waals surface area contributed by atoms with Gasteiger partial charge in [-0.25, -0.2) is 0 Å². The van der Waals surface area contributed by atoms with E-state index in [0.717, 1.165) is 12.0 Å². The van der Waals surface area contributed by atoms with Gasteiger partial charge >= 0.3 is 0 Å². The van der Waals surface area contributed by atoms with E-state index >= 15 is 0 Å². The maximum absolute atomic E-state index is 12.8. The van der Waals surface area contributed by atoms with E-state index in [9.17, 15) is 4.79 Å². The fourth-order valence-corrected chi connectivity index (χ4v) is 5.80. The summed E-state index contributed by atoms with van der Waals surface area (Å²) in [6.45, 7) is 4.42. The molecule has 0 unspecified atom stereocenters. The minimum Gasteiger partial charge on any atom is -0.316 e. The van der Waals surface area contributed by atoms with Gasteiger partial charge in [0.15, 0.2) is 5.78 Å². The van der Waals surface area contributed by atoms with E-state index in [1.807, 2.05) is 12.1 Å². The van der Waals surface area contributed by atoms with Gasteiger partial charge in [0.05, 0.1) is 11.2 Å². The summed E-state index contributed by atoms with van der Waals surface area (Å²) in [5.41, 5.74) is 9.25. The Morgan fingerprint density at radius 2 is 1.56 bits per heavy atom. The predicted molar refractivity (Wildman–Crippen MR) is 140 cm³/mol.